The second-order valence-corrected chi connectivity index (χ2v) is 7.20. The highest BCUT2D eigenvalue weighted by Crippen LogP contribution is 2.20. The van der Waals surface area contributed by atoms with Crippen LogP contribution in [-0.4, -0.2) is 25.8 Å². The maximum atomic E-state index is 4.61. The Morgan fingerprint density at radius 1 is 1.32 bits per heavy atom. The first-order valence-corrected chi connectivity index (χ1v) is 9.33. The molecule has 0 aliphatic carbocycles. The molecule has 0 amide bonds. The number of fused-ring (bicyclic) bond motifs is 1. The van der Waals surface area contributed by atoms with Crippen molar-refractivity contribution in [3.05, 3.63) is 33.6 Å². The lowest BCUT2D eigenvalue weighted by molar-refractivity contribution is 0.829. The van der Waals surface area contributed by atoms with Crippen molar-refractivity contribution >= 4 is 34.7 Å². The third-order valence-electron chi connectivity index (χ3n) is 3.34. The Morgan fingerprint density at radius 3 is 2.86 bits per heavy atom. The number of thiophene rings is 1. The van der Waals surface area contributed by atoms with Crippen LogP contribution in [0.15, 0.2) is 23.5 Å². The lowest BCUT2D eigenvalue weighted by atomic mass is 10.2. The predicted octanol–water partition coefficient (Wildman–Crippen LogP) is 3.78. The largest absolute Gasteiger partial charge is 0.349 e. The Kier molecular flexibility index (Phi) is 4.63. The number of thioether (sulfide) groups is 1. The molecule has 0 fully saturated rings. The fourth-order valence-electron chi connectivity index (χ4n) is 2.30. The van der Waals surface area contributed by atoms with Crippen LogP contribution in [0.1, 0.15) is 28.7 Å². The van der Waals surface area contributed by atoms with Gasteiger partial charge in [-0.1, -0.05) is 25.1 Å². The van der Waals surface area contributed by atoms with Gasteiger partial charge in [-0.2, -0.15) is 14.6 Å². The van der Waals surface area contributed by atoms with E-state index >= 15 is 0 Å². The Balaban J connectivity index is 1.93. The van der Waals surface area contributed by atoms with Crippen molar-refractivity contribution < 1.29 is 0 Å². The van der Waals surface area contributed by atoms with E-state index < -0.39 is 0 Å². The molecule has 0 aromatic carbocycles. The maximum Gasteiger partial charge on any atom is 0.228 e. The number of nitrogens with zero attached hydrogens (tertiary/aromatic N) is 4. The van der Waals surface area contributed by atoms with E-state index in [0.29, 0.717) is 0 Å². The van der Waals surface area contributed by atoms with Gasteiger partial charge in [0.2, 0.25) is 5.95 Å². The van der Waals surface area contributed by atoms with Gasteiger partial charge in [0, 0.05) is 15.3 Å². The number of nitrogens with one attached hydrogen (secondary N) is 1. The van der Waals surface area contributed by atoms with Gasteiger partial charge in [-0.3, -0.25) is 0 Å². The molecule has 3 aromatic rings. The summed E-state index contributed by atoms with van der Waals surface area (Å²) in [5.41, 5.74) is 2.08. The molecule has 0 saturated heterocycles. The second kappa shape index (κ2) is 6.66. The predicted molar refractivity (Wildman–Crippen MR) is 92.9 cm³/mol. The van der Waals surface area contributed by atoms with Crippen LogP contribution in [0.25, 0.3) is 5.65 Å². The number of hydrogen-bond donors (Lipinski definition) is 1. The number of aryl methyl sites for hydroxylation is 2. The van der Waals surface area contributed by atoms with Gasteiger partial charge >= 0.3 is 0 Å². The molecular weight excluding hydrogens is 314 g/mol. The highest BCUT2D eigenvalue weighted by molar-refractivity contribution is 7.98. The molecule has 0 bridgehead atoms. The highest BCUT2D eigenvalue weighted by atomic mass is 32.2. The molecule has 1 N–H and O–H groups in total. The third-order valence-corrected chi connectivity index (χ3v) is 4.89. The van der Waals surface area contributed by atoms with E-state index in [4.69, 9.17) is 0 Å². The average molecular weight is 333 g/mol. The standard InChI is InChI=1S/C15H19N5S2/c1-4-5-11-8-17-20-13(11)18-15(21-3)19-14(20)16-9-12-7-6-10(2)22-12/h6-8H,4-5,9H2,1-3H3,(H,16,18,19). The molecule has 3 aromatic heterocycles. The molecule has 0 spiro atoms. The maximum absolute atomic E-state index is 4.61. The molecule has 0 saturated carbocycles. The van der Waals surface area contributed by atoms with Gasteiger partial charge in [0.05, 0.1) is 12.7 Å². The lowest BCUT2D eigenvalue weighted by Gasteiger charge is -2.08. The molecule has 3 heterocycles. The SMILES string of the molecule is CCCc1cnn2c(NCc3ccc(C)s3)nc(SC)nc12. The van der Waals surface area contributed by atoms with Crippen LogP contribution in [0.5, 0.6) is 0 Å². The summed E-state index contributed by atoms with van der Waals surface area (Å²) in [5.74, 6) is 0.753. The van der Waals surface area contributed by atoms with Crippen LogP contribution in [0.3, 0.4) is 0 Å². The number of rotatable bonds is 6. The normalized spacial score (nSPS) is 11.2. The van der Waals surface area contributed by atoms with E-state index in [1.807, 2.05) is 17.0 Å². The highest BCUT2D eigenvalue weighted by Gasteiger charge is 2.12. The molecule has 7 heteroatoms. The molecule has 0 radical (unpaired) electrons. The number of hydrogen-bond acceptors (Lipinski definition) is 6. The summed E-state index contributed by atoms with van der Waals surface area (Å²) in [5, 5.41) is 8.62. The molecule has 0 unspecified atom stereocenters. The Bertz CT molecular complexity index is 777. The van der Waals surface area contributed by atoms with Gasteiger partial charge in [-0.25, -0.2) is 4.98 Å². The van der Waals surface area contributed by atoms with Crippen molar-refractivity contribution in [2.45, 2.75) is 38.4 Å². The van der Waals surface area contributed by atoms with Gasteiger partial charge in [0.1, 0.15) is 0 Å². The van der Waals surface area contributed by atoms with Crippen LogP contribution in [0, 0.1) is 6.92 Å². The van der Waals surface area contributed by atoms with Gasteiger partial charge in [-0.05, 0) is 31.7 Å². The summed E-state index contributed by atoms with van der Waals surface area (Å²) in [6.45, 7) is 5.04. The topological polar surface area (TPSA) is 55.1 Å². The van der Waals surface area contributed by atoms with Crippen molar-refractivity contribution in [1.29, 1.82) is 0 Å². The van der Waals surface area contributed by atoms with Crippen LogP contribution < -0.4 is 5.32 Å². The fourth-order valence-corrected chi connectivity index (χ4v) is 3.49. The lowest BCUT2D eigenvalue weighted by Crippen LogP contribution is -2.09. The minimum atomic E-state index is 0.751. The van der Waals surface area contributed by atoms with E-state index in [2.05, 4.69) is 46.4 Å². The summed E-state index contributed by atoms with van der Waals surface area (Å²) in [6, 6.07) is 4.28. The zero-order valence-corrected chi connectivity index (χ0v) is 14.6. The quantitative estimate of drug-likeness (QED) is 0.696. The summed E-state index contributed by atoms with van der Waals surface area (Å²) < 4.78 is 1.81. The summed E-state index contributed by atoms with van der Waals surface area (Å²) in [6.07, 6.45) is 5.96. The average Bonchev–Trinajstić information content (AvgIpc) is 3.12. The van der Waals surface area contributed by atoms with Crippen LogP contribution in [0.4, 0.5) is 5.95 Å². The van der Waals surface area contributed by atoms with Gasteiger partial charge in [0.25, 0.3) is 0 Å². The van der Waals surface area contributed by atoms with Crippen molar-refractivity contribution in [2.24, 2.45) is 0 Å². The Morgan fingerprint density at radius 2 is 2.18 bits per heavy atom. The first-order chi connectivity index (χ1) is 10.7. The van der Waals surface area contributed by atoms with Crippen LogP contribution in [0.2, 0.25) is 0 Å². The van der Waals surface area contributed by atoms with E-state index in [1.54, 1.807) is 23.1 Å². The van der Waals surface area contributed by atoms with Crippen molar-refractivity contribution in [3.63, 3.8) is 0 Å². The minimum absolute atomic E-state index is 0.751. The summed E-state index contributed by atoms with van der Waals surface area (Å²) in [7, 11) is 0. The zero-order valence-electron chi connectivity index (χ0n) is 13.0. The second-order valence-electron chi connectivity index (χ2n) is 5.06. The van der Waals surface area contributed by atoms with Gasteiger partial charge in [0.15, 0.2) is 10.8 Å². The third kappa shape index (κ3) is 3.10. The molecular formula is C15H19N5S2. The molecule has 3 rings (SSSR count). The first kappa shape index (κ1) is 15.3. The van der Waals surface area contributed by atoms with Gasteiger partial charge < -0.3 is 5.32 Å². The van der Waals surface area contributed by atoms with E-state index in [0.717, 1.165) is 36.1 Å². The monoisotopic (exact) mass is 333 g/mol. The van der Waals surface area contributed by atoms with Crippen molar-refractivity contribution in [2.75, 3.05) is 11.6 Å². The van der Waals surface area contributed by atoms with Crippen LogP contribution in [-0.2, 0) is 13.0 Å². The van der Waals surface area contributed by atoms with E-state index in [1.165, 1.54) is 15.3 Å². The molecule has 0 aliphatic heterocycles. The molecule has 0 aliphatic rings. The molecule has 0 atom stereocenters. The zero-order chi connectivity index (χ0) is 15.5. The molecule has 5 nitrogen and oxygen atoms in total. The van der Waals surface area contributed by atoms with Gasteiger partial charge in [-0.15, -0.1) is 11.3 Å². The fraction of sp³-hybridized carbons (Fsp3) is 0.400. The van der Waals surface area contributed by atoms with Crippen molar-refractivity contribution in [3.8, 4) is 0 Å². The molecule has 22 heavy (non-hydrogen) atoms. The van der Waals surface area contributed by atoms with E-state index in [9.17, 15) is 0 Å². The van der Waals surface area contributed by atoms with Crippen LogP contribution >= 0.6 is 23.1 Å². The first-order valence-electron chi connectivity index (χ1n) is 7.29. The molecule has 116 valence electrons. The van der Waals surface area contributed by atoms with Crippen molar-refractivity contribution in [1.82, 2.24) is 19.6 Å². The number of aromatic nitrogens is 4. The smallest absolute Gasteiger partial charge is 0.228 e. The minimum Gasteiger partial charge on any atom is -0.349 e. The summed E-state index contributed by atoms with van der Waals surface area (Å²) >= 11 is 3.35. The Labute approximate surface area is 138 Å². The van der Waals surface area contributed by atoms with E-state index in [-0.39, 0.29) is 0 Å². The number of anilines is 1. The Hall–Kier alpha value is -1.60. The summed E-state index contributed by atoms with van der Waals surface area (Å²) in [4.78, 5) is 11.8.